The fourth-order valence-electron chi connectivity index (χ4n) is 10.2. The van der Waals surface area contributed by atoms with E-state index in [1.165, 1.54) is 65.9 Å². The monoisotopic (exact) mass is 847 g/mol. The molecule has 0 saturated heterocycles. The lowest BCUT2D eigenvalue weighted by atomic mass is 10.0. The summed E-state index contributed by atoms with van der Waals surface area (Å²) < 4.78 is 13.5. The van der Waals surface area contributed by atoms with Gasteiger partial charge in [0.2, 0.25) is 0 Å². The van der Waals surface area contributed by atoms with E-state index in [0.717, 1.165) is 61.5 Å². The summed E-state index contributed by atoms with van der Waals surface area (Å²) in [5.41, 5.74) is 19.2. The molecule has 0 unspecified atom stereocenters. The van der Waals surface area contributed by atoms with Crippen LogP contribution in [0.2, 0.25) is 0 Å². The van der Waals surface area contributed by atoms with E-state index < -0.39 is 0 Å². The van der Waals surface area contributed by atoms with Crippen LogP contribution in [0.1, 0.15) is 22.5 Å². The molecule has 12 rings (SSSR count). The second kappa shape index (κ2) is 15.6. The lowest BCUT2D eigenvalue weighted by Crippen LogP contribution is -2.01. The number of fused-ring (bicyclic) bond motifs is 9. The average Bonchev–Trinajstić information content (AvgIpc) is 4.08. The zero-order valence-electron chi connectivity index (χ0n) is 36.9. The van der Waals surface area contributed by atoms with Crippen molar-refractivity contribution in [2.24, 2.45) is 0 Å². The van der Waals surface area contributed by atoms with Crippen LogP contribution in [-0.2, 0) is 0 Å². The number of aromatic nitrogens is 3. The maximum Gasteiger partial charge on any atom is 0.143 e. The molecule has 4 aromatic heterocycles. The van der Waals surface area contributed by atoms with Crippen molar-refractivity contribution in [2.45, 2.75) is 13.8 Å². The first-order chi connectivity index (χ1) is 32.5. The van der Waals surface area contributed by atoms with Gasteiger partial charge in [0.25, 0.3) is 0 Å². The van der Waals surface area contributed by atoms with Crippen molar-refractivity contribution in [3.05, 3.63) is 236 Å². The lowest BCUT2D eigenvalue weighted by Gasteiger charge is -2.13. The van der Waals surface area contributed by atoms with Crippen molar-refractivity contribution in [3.8, 4) is 39.3 Å². The molecule has 0 radical (unpaired) electrons. The van der Waals surface area contributed by atoms with Crippen LogP contribution in [0.4, 0.5) is 0 Å². The number of hydrogen-bond donors (Lipinski definition) is 0. The van der Waals surface area contributed by atoms with Crippen molar-refractivity contribution in [2.75, 3.05) is 0 Å². The predicted octanol–water partition coefficient (Wildman–Crippen LogP) is 16.9. The third-order valence-electron chi connectivity index (χ3n) is 13.5. The number of hydrogen-bond acceptors (Lipinski definition) is 1. The Hall–Kier alpha value is -8.60. The van der Waals surface area contributed by atoms with Crippen molar-refractivity contribution in [3.63, 3.8) is 0 Å². The summed E-state index contributed by atoms with van der Waals surface area (Å²) in [4.78, 5) is 0. The van der Waals surface area contributed by atoms with E-state index >= 15 is 0 Å². The molecule has 8 aromatic carbocycles. The number of rotatable bonds is 9. The summed E-state index contributed by atoms with van der Waals surface area (Å²) in [7, 11) is 0. The first-order valence-corrected chi connectivity index (χ1v) is 22.5. The molecule has 0 N–H and O–H groups in total. The van der Waals surface area contributed by atoms with Crippen LogP contribution in [0.3, 0.4) is 0 Å². The Bertz CT molecular complexity index is 3930. The minimum absolute atomic E-state index is 0.909. The second-order valence-corrected chi connectivity index (χ2v) is 17.1. The molecule has 0 aliphatic rings. The van der Waals surface area contributed by atoms with Gasteiger partial charge in [-0.25, -0.2) is 0 Å². The molecule has 0 aliphatic heterocycles. The average molecular weight is 848 g/mol. The van der Waals surface area contributed by atoms with E-state index in [4.69, 9.17) is 4.42 Å². The smallest absolute Gasteiger partial charge is 0.143 e. The van der Waals surface area contributed by atoms with E-state index in [2.05, 4.69) is 217 Å². The molecule has 4 heteroatoms. The number of nitrogens with zero attached hydrogens (tertiary/aromatic N) is 3. The van der Waals surface area contributed by atoms with Crippen LogP contribution in [0.25, 0.3) is 117 Å². The molecule has 0 amide bonds. The number of benzene rings is 8. The van der Waals surface area contributed by atoms with E-state index in [9.17, 15) is 0 Å². The number of furan rings is 1. The first kappa shape index (κ1) is 39.0. The highest BCUT2D eigenvalue weighted by molar-refractivity contribution is 6.13. The van der Waals surface area contributed by atoms with Gasteiger partial charge in [-0.15, -0.1) is 0 Å². The van der Waals surface area contributed by atoms with Gasteiger partial charge in [-0.3, -0.25) is 0 Å². The van der Waals surface area contributed by atoms with Crippen LogP contribution in [0.15, 0.2) is 218 Å². The molecule has 0 aliphatic carbocycles. The fraction of sp³-hybridized carbons (Fsp3) is 0.0323. The molecule has 66 heavy (non-hydrogen) atoms. The van der Waals surface area contributed by atoms with E-state index in [-0.39, 0.29) is 0 Å². The third kappa shape index (κ3) is 6.07. The van der Waals surface area contributed by atoms with Crippen molar-refractivity contribution in [1.29, 1.82) is 0 Å². The molecule has 0 fully saturated rings. The Balaban J connectivity index is 0.927. The standard InChI is InChI=1S/C62H45N3O/c1-5-7-21-55-40(3)41(4)56(22-8-6-2)63(55)46-32-34-47(35-33-46)65-58-24-13-10-17-50(58)54-39-44(29-37-60(54)65)43-28-36-59-53(38-43)49-16-9-12-23-57(49)64(59)45-30-26-42(27-31-45)48-19-15-20-52-51-18-11-14-25-61(51)66-62(48)52/h5-39H,1-2H2,3-4H3/b21-7-,22-8-. The summed E-state index contributed by atoms with van der Waals surface area (Å²) in [6, 6.07) is 63.8. The topological polar surface area (TPSA) is 27.9 Å². The molecule has 4 heterocycles. The second-order valence-electron chi connectivity index (χ2n) is 17.1. The van der Waals surface area contributed by atoms with Gasteiger partial charge in [-0.1, -0.05) is 135 Å². The van der Waals surface area contributed by atoms with Crippen LogP contribution >= 0.6 is 0 Å². The van der Waals surface area contributed by atoms with Crippen LogP contribution < -0.4 is 0 Å². The van der Waals surface area contributed by atoms with Crippen LogP contribution in [0, 0.1) is 13.8 Å². The molecule has 0 saturated carbocycles. The molecule has 314 valence electrons. The quantitative estimate of drug-likeness (QED) is 0.133. The maximum atomic E-state index is 6.40. The Morgan fingerprint density at radius 2 is 0.833 bits per heavy atom. The highest BCUT2D eigenvalue weighted by atomic mass is 16.3. The Kier molecular flexibility index (Phi) is 9.21. The number of allylic oxidation sites excluding steroid dienone is 4. The van der Waals surface area contributed by atoms with Crippen molar-refractivity contribution >= 4 is 77.7 Å². The fourth-order valence-corrected chi connectivity index (χ4v) is 10.2. The summed E-state index contributed by atoms with van der Waals surface area (Å²) in [5.74, 6) is 0. The van der Waals surface area contributed by atoms with Crippen molar-refractivity contribution in [1.82, 2.24) is 13.7 Å². The zero-order valence-corrected chi connectivity index (χ0v) is 36.9. The normalized spacial score (nSPS) is 12.1. The van der Waals surface area contributed by atoms with Gasteiger partial charge in [-0.05, 0) is 133 Å². The third-order valence-corrected chi connectivity index (χ3v) is 13.5. The van der Waals surface area contributed by atoms with E-state index in [0.29, 0.717) is 0 Å². The summed E-state index contributed by atoms with van der Waals surface area (Å²) >= 11 is 0. The zero-order chi connectivity index (χ0) is 44.5. The predicted molar refractivity (Wildman–Crippen MR) is 281 cm³/mol. The van der Waals surface area contributed by atoms with Gasteiger partial charge in [-0.2, -0.15) is 0 Å². The lowest BCUT2D eigenvalue weighted by molar-refractivity contribution is 0.670. The van der Waals surface area contributed by atoms with Gasteiger partial charge in [0.1, 0.15) is 11.2 Å². The minimum Gasteiger partial charge on any atom is -0.455 e. The Morgan fingerprint density at radius 3 is 1.38 bits per heavy atom. The molecule has 0 spiro atoms. The minimum atomic E-state index is 0.909. The Labute approximate surface area is 383 Å². The SMILES string of the molecule is C=C/C=C\c1c(C)c(C)c(/C=C\C=C)n1-c1ccc(-n2c3ccccc3c3cc(-c4ccc5c(c4)c4ccccc4n5-c4ccc(-c5cccc6c5oc5ccccc56)cc4)ccc32)cc1. The van der Waals surface area contributed by atoms with Crippen molar-refractivity contribution < 1.29 is 4.42 Å². The van der Waals surface area contributed by atoms with Gasteiger partial charge in [0, 0.05) is 66.3 Å². The molecule has 4 nitrogen and oxygen atoms in total. The van der Waals surface area contributed by atoms with Gasteiger partial charge < -0.3 is 18.1 Å². The summed E-state index contributed by atoms with van der Waals surface area (Å²) in [6.07, 6.45) is 11.9. The summed E-state index contributed by atoms with van der Waals surface area (Å²) in [6.45, 7) is 12.2. The molecule has 0 atom stereocenters. The maximum absolute atomic E-state index is 6.40. The highest BCUT2D eigenvalue weighted by Gasteiger charge is 2.19. The van der Waals surface area contributed by atoms with Gasteiger partial charge in [0.15, 0.2) is 0 Å². The molecule has 0 bridgehead atoms. The van der Waals surface area contributed by atoms with E-state index in [1.54, 1.807) is 0 Å². The van der Waals surface area contributed by atoms with Gasteiger partial charge in [0.05, 0.1) is 22.1 Å². The molecular weight excluding hydrogens is 803 g/mol. The van der Waals surface area contributed by atoms with Crippen LogP contribution in [0.5, 0.6) is 0 Å². The highest BCUT2D eigenvalue weighted by Crippen LogP contribution is 2.40. The first-order valence-electron chi connectivity index (χ1n) is 22.5. The number of para-hydroxylation sites is 4. The van der Waals surface area contributed by atoms with Gasteiger partial charge >= 0.3 is 0 Å². The van der Waals surface area contributed by atoms with Crippen LogP contribution in [-0.4, -0.2) is 13.7 Å². The van der Waals surface area contributed by atoms with E-state index in [1.807, 2.05) is 36.4 Å². The Morgan fingerprint density at radius 1 is 0.394 bits per heavy atom. The summed E-state index contributed by atoms with van der Waals surface area (Å²) in [5, 5.41) is 7.17. The largest absolute Gasteiger partial charge is 0.455 e. The molecule has 12 aromatic rings. The molecular formula is C62H45N3O.